The Balaban J connectivity index is 1.50. The topological polar surface area (TPSA) is 67.3 Å². The molecule has 0 aliphatic carbocycles. The maximum Gasteiger partial charge on any atom is 0.277 e. The molecule has 1 amide bonds. The lowest BCUT2D eigenvalue weighted by atomic mass is 10.2. The van der Waals surface area contributed by atoms with Gasteiger partial charge in [-0.25, -0.2) is 9.97 Å². The summed E-state index contributed by atoms with van der Waals surface area (Å²) in [4.78, 5) is 23.1. The van der Waals surface area contributed by atoms with Crippen molar-refractivity contribution >= 4 is 17.4 Å². The second-order valence-corrected chi connectivity index (χ2v) is 6.29. The average Bonchev–Trinajstić information content (AvgIpc) is 3.16. The van der Waals surface area contributed by atoms with Crippen LogP contribution in [0.2, 0.25) is 0 Å². The third-order valence-corrected chi connectivity index (χ3v) is 4.67. The third kappa shape index (κ3) is 3.46. The van der Waals surface area contributed by atoms with Crippen LogP contribution in [0.15, 0.2) is 60.9 Å². The van der Waals surface area contributed by atoms with Gasteiger partial charge in [-0.1, -0.05) is 36.4 Å². The van der Waals surface area contributed by atoms with Crippen molar-refractivity contribution in [3.05, 3.63) is 77.7 Å². The zero-order valence-corrected chi connectivity index (χ0v) is 15.1. The number of ether oxygens (including phenoxy) is 1. The first-order chi connectivity index (χ1) is 13.3. The molecule has 0 radical (unpaired) electrons. The van der Waals surface area contributed by atoms with Crippen molar-refractivity contribution in [2.24, 2.45) is 0 Å². The highest BCUT2D eigenvalue weighted by Crippen LogP contribution is 2.28. The van der Waals surface area contributed by atoms with E-state index in [0.29, 0.717) is 24.6 Å². The molecule has 0 fully saturated rings. The summed E-state index contributed by atoms with van der Waals surface area (Å²) in [5.74, 6) is 1.30. The van der Waals surface area contributed by atoms with E-state index in [1.165, 1.54) is 11.9 Å². The average molecular weight is 360 g/mol. The first kappa shape index (κ1) is 17.0. The molecule has 6 nitrogen and oxygen atoms in total. The maximum absolute atomic E-state index is 12.9. The van der Waals surface area contributed by atoms with E-state index in [9.17, 15) is 4.79 Å². The normalized spacial score (nSPS) is 12.6. The number of para-hydroxylation sites is 2. The van der Waals surface area contributed by atoms with Gasteiger partial charge in [0, 0.05) is 30.4 Å². The highest BCUT2D eigenvalue weighted by atomic mass is 16.5. The van der Waals surface area contributed by atoms with E-state index in [1.807, 2.05) is 42.5 Å². The van der Waals surface area contributed by atoms with Gasteiger partial charge in [-0.05, 0) is 24.1 Å². The van der Waals surface area contributed by atoms with Crippen molar-refractivity contribution in [3.8, 4) is 5.75 Å². The van der Waals surface area contributed by atoms with E-state index in [0.717, 1.165) is 23.4 Å². The van der Waals surface area contributed by atoms with Crippen molar-refractivity contribution in [1.29, 1.82) is 0 Å². The van der Waals surface area contributed by atoms with Crippen LogP contribution in [-0.2, 0) is 13.0 Å². The number of anilines is 2. The quantitative estimate of drug-likeness (QED) is 0.756. The maximum atomic E-state index is 12.9. The lowest BCUT2D eigenvalue weighted by Crippen LogP contribution is -2.29. The minimum atomic E-state index is -0.109. The van der Waals surface area contributed by atoms with Gasteiger partial charge < -0.3 is 15.0 Å². The number of nitrogens with zero attached hydrogens (tertiary/aromatic N) is 3. The number of methoxy groups -OCH3 is 1. The Morgan fingerprint density at radius 1 is 1.15 bits per heavy atom. The van der Waals surface area contributed by atoms with Crippen LogP contribution in [0.1, 0.15) is 21.6 Å². The highest BCUT2D eigenvalue weighted by Gasteiger charge is 2.26. The van der Waals surface area contributed by atoms with Gasteiger partial charge in [0.25, 0.3) is 5.91 Å². The van der Waals surface area contributed by atoms with Crippen molar-refractivity contribution in [1.82, 2.24) is 9.97 Å². The largest absolute Gasteiger partial charge is 0.496 e. The van der Waals surface area contributed by atoms with E-state index in [1.54, 1.807) is 18.1 Å². The lowest BCUT2D eigenvalue weighted by molar-refractivity contribution is 0.0984. The summed E-state index contributed by atoms with van der Waals surface area (Å²) in [6, 6.07) is 17.5. The second kappa shape index (κ2) is 7.45. The molecule has 0 saturated heterocycles. The van der Waals surface area contributed by atoms with Crippen LogP contribution >= 0.6 is 0 Å². The van der Waals surface area contributed by atoms with Crippen molar-refractivity contribution < 1.29 is 9.53 Å². The van der Waals surface area contributed by atoms with Crippen molar-refractivity contribution in [3.63, 3.8) is 0 Å². The Kier molecular flexibility index (Phi) is 4.70. The minimum absolute atomic E-state index is 0.109. The number of carbonyl (C=O) groups is 1. The van der Waals surface area contributed by atoms with Crippen LogP contribution < -0.4 is 15.0 Å². The Bertz CT molecular complexity index is 974. The van der Waals surface area contributed by atoms with E-state index in [2.05, 4.69) is 21.4 Å². The Morgan fingerprint density at radius 3 is 2.85 bits per heavy atom. The molecule has 1 aliphatic heterocycles. The second-order valence-electron chi connectivity index (χ2n) is 6.29. The fourth-order valence-corrected chi connectivity index (χ4v) is 3.29. The molecule has 3 aromatic rings. The number of hydrogen-bond donors (Lipinski definition) is 1. The number of benzene rings is 2. The van der Waals surface area contributed by atoms with Crippen LogP contribution in [0.5, 0.6) is 5.75 Å². The zero-order chi connectivity index (χ0) is 18.6. The lowest BCUT2D eigenvalue weighted by Gasteiger charge is -2.17. The van der Waals surface area contributed by atoms with Crippen LogP contribution in [0, 0.1) is 0 Å². The molecule has 1 aromatic heterocycles. The summed E-state index contributed by atoms with van der Waals surface area (Å²) in [6.45, 7) is 1.22. The fourth-order valence-electron chi connectivity index (χ4n) is 3.29. The third-order valence-electron chi connectivity index (χ3n) is 4.67. The number of hydrogen-bond acceptors (Lipinski definition) is 5. The number of fused-ring (bicyclic) bond motifs is 1. The molecule has 4 rings (SSSR count). The Hall–Kier alpha value is -3.41. The molecular formula is C21H20N4O2. The molecule has 2 heterocycles. The SMILES string of the molecule is COc1ccccc1CNc1cc(C(=O)N2CCc3ccccc32)ncn1. The predicted octanol–water partition coefficient (Wildman–Crippen LogP) is 3.30. The molecule has 0 unspecified atom stereocenters. The van der Waals surface area contributed by atoms with Gasteiger partial charge in [-0.2, -0.15) is 0 Å². The standard InChI is InChI=1S/C21H20N4O2/c1-27-19-9-5-3-7-16(19)13-22-20-12-17(23-14-24-20)21(26)25-11-10-15-6-2-4-8-18(15)25/h2-9,12,14H,10-11,13H2,1H3,(H,22,23,24). The van der Waals surface area contributed by atoms with E-state index in [4.69, 9.17) is 4.74 Å². The van der Waals surface area contributed by atoms with Crippen LogP contribution in [0.25, 0.3) is 0 Å². The van der Waals surface area contributed by atoms with Gasteiger partial charge in [0.2, 0.25) is 0 Å². The monoisotopic (exact) mass is 360 g/mol. The van der Waals surface area contributed by atoms with Gasteiger partial charge in [0.15, 0.2) is 0 Å². The van der Waals surface area contributed by atoms with Gasteiger partial charge in [0.1, 0.15) is 23.6 Å². The minimum Gasteiger partial charge on any atom is -0.496 e. The summed E-state index contributed by atoms with van der Waals surface area (Å²) in [5.41, 5.74) is 3.54. The fraction of sp³-hybridized carbons (Fsp3) is 0.190. The Morgan fingerprint density at radius 2 is 1.96 bits per heavy atom. The number of amides is 1. The summed E-state index contributed by atoms with van der Waals surface area (Å²) in [5, 5.41) is 3.24. The first-order valence-electron chi connectivity index (χ1n) is 8.84. The highest BCUT2D eigenvalue weighted by molar-refractivity contribution is 6.06. The summed E-state index contributed by atoms with van der Waals surface area (Å²) in [6.07, 6.45) is 2.28. The van der Waals surface area contributed by atoms with Gasteiger partial charge in [-0.3, -0.25) is 4.79 Å². The van der Waals surface area contributed by atoms with Crippen LogP contribution in [-0.4, -0.2) is 29.5 Å². The molecule has 0 bridgehead atoms. The van der Waals surface area contributed by atoms with Gasteiger partial charge in [-0.15, -0.1) is 0 Å². The molecule has 0 spiro atoms. The molecule has 1 aliphatic rings. The molecule has 6 heteroatoms. The number of rotatable bonds is 5. The molecule has 2 aromatic carbocycles. The van der Waals surface area contributed by atoms with Crippen molar-refractivity contribution in [2.45, 2.75) is 13.0 Å². The summed E-state index contributed by atoms with van der Waals surface area (Å²) in [7, 11) is 1.65. The first-order valence-corrected chi connectivity index (χ1v) is 8.84. The molecule has 0 atom stereocenters. The number of carbonyl (C=O) groups excluding carboxylic acids is 1. The van der Waals surface area contributed by atoms with E-state index in [-0.39, 0.29) is 5.91 Å². The summed E-state index contributed by atoms with van der Waals surface area (Å²) >= 11 is 0. The predicted molar refractivity (Wildman–Crippen MR) is 104 cm³/mol. The zero-order valence-electron chi connectivity index (χ0n) is 15.1. The molecule has 1 N–H and O–H groups in total. The molecular weight excluding hydrogens is 340 g/mol. The van der Waals surface area contributed by atoms with E-state index >= 15 is 0 Å². The van der Waals surface area contributed by atoms with Gasteiger partial charge in [0.05, 0.1) is 7.11 Å². The number of aromatic nitrogens is 2. The van der Waals surface area contributed by atoms with E-state index < -0.39 is 0 Å². The van der Waals surface area contributed by atoms with Crippen LogP contribution in [0.4, 0.5) is 11.5 Å². The van der Waals surface area contributed by atoms with Crippen molar-refractivity contribution in [2.75, 3.05) is 23.9 Å². The van der Waals surface area contributed by atoms with Gasteiger partial charge >= 0.3 is 0 Å². The smallest absolute Gasteiger partial charge is 0.277 e. The van der Waals surface area contributed by atoms with Crippen LogP contribution in [0.3, 0.4) is 0 Å². The summed E-state index contributed by atoms with van der Waals surface area (Å²) < 4.78 is 5.36. The molecule has 0 saturated carbocycles. The molecule has 27 heavy (non-hydrogen) atoms. The number of nitrogens with one attached hydrogen (secondary N) is 1. The molecule has 136 valence electrons. The Labute approximate surface area is 157 Å².